The van der Waals surface area contributed by atoms with Gasteiger partial charge in [0.2, 0.25) is 11.2 Å². The summed E-state index contributed by atoms with van der Waals surface area (Å²) in [6.07, 6.45) is 2.16. The van der Waals surface area contributed by atoms with E-state index in [0.717, 1.165) is 0 Å². The Kier molecular flexibility index (Phi) is 3.50. The summed E-state index contributed by atoms with van der Waals surface area (Å²) >= 11 is 0. The Morgan fingerprint density at radius 3 is 1.77 bits per heavy atom. The van der Waals surface area contributed by atoms with Crippen LogP contribution in [0.2, 0.25) is 0 Å². The molecule has 0 aliphatic carbocycles. The van der Waals surface area contributed by atoms with Crippen molar-refractivity contribution in [3.63, 3.8) is 0 Å². The van der Waals surface area contributed by atoms with Crippen LogP contribution in [-0.2, 0) is 0 Å². The van der Waals surface area contributed by atoms with Crippen LogP contribution in [-0.4, -0.2) is 0 Å². The Balaban J connectivity index is 2.06. The molecule has 0 spiro atoms. The zero-order chi connectivity index (χ0) is 17.3. The topological polar surface area (TPSA) is 4.10 Å². The zero-order valence-corrected chi connectivity index (χ0v) is 14.3. The van der Waals surface area contributed by atoms with Crippen molar-refractivity contribution in [1.82, 2.24) is 0 Å². The zero-order valence-electron chi connectivity index (χ0n) is 14.3. The van der Waals surface area contributed by atoms with E-state index < -0.39 is 0 Å². The number of pyridine rings is 2. The number of hydrogen-bond acceptors (Lipinski definition) is 0. The fourth-order valence-electron chi connectivity index (χ4n) is 3.81. The molecule has 0 aliphatic rings. The molecule has 0 radical (unpaired) electrons. The Morgan fingerprint density at radius 2 is 1.04 bits per heavy atom. The maximum absolute atomic E-state index is 2.32. The molecule has 5 aromatic rings. The molecular formula is C25H18N+. The van der Waals surface area contributed by atoms with Crippen molar-refractivity contribution in [2.24, 2.45) is 0 Å². The Hall–Kier alpha value is -3.45. The summed E-state index contributed by atoms with van der Waals surface area (Å²) in [5.74, 6) is 0. The van der Waals surface area contributed by atoms with E-state index in [-0.39, 0.29) is 0 Å². The molecule has 2 heterocycles. The summed E-state index contributed by atoms with van der Waals surface area (Å²) in [5.41, 5.74) is 6.18. The molecule has 0 fully saturated rings. The first-order chi connectivity index (χ1) is 12.9. The fourth-order valence-corrected chi connectivity index (χ4v) is 3.81. The highest BCUT2D eigenvalue weighted by molar-refractivity contribution is 6.06. The molecule has 0 saturated heterocycles. The van der Waals surface area contributed by atoms with Gasteiger partial charge in [0, 0.05) is 23.1 Å². The third-order valence-electron chi connectivity index (χ3n) is 4.92. The van der Waals surface area contributed by atoms with Gasteiger partial charge >= 0.3 is 0 Å². The molecule has 0 aliphatic heterocycles. The van der Waals surface area contributed by atoms with E-state index in [2.05, 4.69) is 114 Å². The molecule has 0 unspecified atom stereocenters. The largest absolute Gasteiger partial charge is 0.226 e. The molecule has 5 rings (SSSR count). The van der Waals surface area contributed by atoms with Gasteiger partial charge in [0.15, 0.2) is 6.20 Å². The van der Waals surface area contributed by atoms with Crippen molar-refractivity contribution in [2.75, 3.05) is 0 Å². The van der Waals surface area contributed by atoms with Gasteiger partial charge in [-0.1, -0.05) is 66.7 Å². The lowest BCUT2D eigenvalue weighted by atomic mass is 9.93. The smallest absolute Gasteiger partial charge is 0.159 e. The third-order valence-corrected chi connectivity index (χ3v) is 4.92. The van der Waals surface area contributed by atoms with Crippen LogP contribution in [0.1, 0.15) is 0 Å². The minimum Gasteiger partial charge on any atom is -0.159 e. The standard InChI is InChI=1S/C25H18N/c1-3-11-19(12-4-1)24-22-16-8-7-15-21(22)23-17-9-10-18-26(23)25(24)20-13-5-2-6-14-20/h1-18H/q+1. The number of rotatable bonds is 2. The van der Waals surface area contributed by atoms with Gasteiger partial charge in [-0.25, -0.2) is 0 Å². The highest BCUT2D eigenvalue weighted by Crippen LogP contribution is 2.36. The molecule has 0 bridgehead atoms. The predicted octanol–water partition coefficient (Wildman–Crippen LogP) is 5.91. The Bertz CT molecular complexity index is 1110. The van der Waals surface area contributed by atoms with E-state index in [9.17, 15) is 0 Å². The normalized spacial score (nSPS) is 11.1. The van der Waals surface area contributed by atoms with Crippen LogP contribution in [0.25, 0.3) is 38.7 Å². The van der Waals surface area contributed by atoms with E-state index >= 15 is 0 Å². The van der Waals surface area contributed by atoms with E-state index in [1.54, 1.807) is 0 Å². The second-order valence-corrected chi connectivity index (χ2v) is 6.46. The number of fused-ring (bicyclic) bond motifs is 3. The van der Waals surface area contributed by atoms with Gasteiger partial charge in [-0.2, -0.15) is 4.40 Å². The fraction of sp³-hybridized carbons (Fsp3) is 0. The average Bonchev–Trinajstić information content (AvgIpc) is 2.74. The van der Waals surface area contributed by atoms with Crippen molar-refractivity contribution in [3.8, 4) is 22.4 Å². The highest BCUT2D eigenvalue weighted by atomic mass is 14.9. The lowest BCUT2D eigenvalue weighted by Crippen LogP contribution is -2.25. The van der Waals surface area contributed by atoms with E-state index in [4.69, 9.17) is 0 Å². The van der Waals surface area contributed by atoms with Crippen molar-refractivity contribution in [2.45, 2.75) is 0 Å². The van der Waals surface area contributed by atoms with E-state index in [1.165, 1.54) is 38.7 Å². The molecule has 26 heavy (non-hydrogen) atoms. The molecule has 0 saturated carbocycles. The van der Waals surface area contributed by atoms with Crippen LogP contribution in [0.15, 0.2) is 109 Å². The highest BCUT2D eigenvalue weighted by Gasteiger charge is 2.23. The van der Waals surface area contributed by atoms with Gasteiger partial charge in [-0.15, -0.1) is 0 Å². The SMILES string of the molecule is c1ccc(-c2c(-c3ccccc3)[n+]3ccccc3c3ccccc23)cc1. The van der Waals surface area contributed by atoms with Gasteiger partial charge in [0.05, 0.1) is 10.9 Å². The third kappa shape index (κ3) is 2.29. The summed E-state index contributed by atoms with van der Waals surface area (Å²) in [4.78, 5) is 0. The molecule has 122 valence electrons. The summed E-state index contributed by atoms with van der Waals surface area (Å²) in [7, 11) is 0. The maximum Gasteiger partial charge on any atom is 0.226 e. The van der Waals surface area contributed by atoms with Gasteiger partial charge in [-0.3, -0.25) is 0 Å². The van der Waals surface area contributed by atoms with Gasteiger partial charge < -0.3 is 0 Å². The van der Waals surface area contributed by atoms with E-state index in [1.807, 2.05) is 0 Å². The van der Waals surface area contributed by atoms with E-state index in [0.29, 0.717) is 0 Å². The van der Waals surface area contributed by atoms with Crippen LogP contribution < -0.4 is 4.40 Å². The number of nitrogens with zero attached hydrogens (tertiary/aromatic N) is 1. The van der Waals surface area contributed by atoms with Crippen LogP contribution >= 0.6 is 0 Å². The minimum absolute atomic E-state index is 1.22. The summed E-state index contributed by atoms with van der Waals surface area (Å²) in [6.45, 7) is 0. The maximum atomic E-state index is 2.32. The second kappa shape index (κ2) is 6.12. The van der Waals surface area contributed by atoms with Crippen molar-refractivity contribution >= 4 is 16.3 Å². The van der Waals surface area contributed by atoms with Crippen molar-refractivity contribution in [1.29, 1.82) is 0 Å². The summed E-state index contributed by atoms with van der Waals surface area (Å²) in [5, 5.41) is 2.55. The lowest BCUT2D eigenvalue weighted by Gasteiger charge is -2.12. The molecule has 1 nitrogen and oxygen atoms in total. The molecule has 0 amide bonds. The first kappa shape index (κ1) is 14.9. The lowest BCUT2D eigenvalue weighted by molar-refractivity contribution is -0.497. The van der Waals surface area contributed by atoms with Crippen LogP contribution in [0, 0.1) is 0 Å². The predicted molar refractivity (Wildman–Crippen MR) is 108 cm³/mol. The van der Waals surface area contributed by atoms with Crippen molar-refractivity contribution < 1.29 is 4.40 Å². The molecule has 3 aromatic carbocycles. The molecule has 2 aromatic heterocycles. The summed E-state index contributed by atoms with van der Waals surface area (Å²) < 4.78 is 2.32. The monoisotopic (exact) mass is 332 g/mol. The van der Waals surface area contributed by atoms with Crippen molar-refractivity contribution in [3.05, 3.63) is 109 Å². The molecular weight excluding hydrogens is 314 g/mol. The number of aromatic nitrogens is 1. The average molecular weight is 332 g/mol. The van der Waals surface area contributed by atoms with Gasteiger partial charge in [0.25, 0.3) is 0 Å². The van der Waals surface area contributed by atoms with Crippen LogP contribution in [0.3, 0.4) is 0 Å². The first-order valence-electron chi connectivity index (χ1n) is 8.89. The molecule has 1 heteroatoms. The number of benzene rings is 3. The molecule has 0 N–H and O–H groups in total. The second-order valence-electron chi connectivity index (χ2n) is 6.46. The molecule has 0 atom stereocenters. The summed E-state index contributed by atoms with van der Waals surface area (Å²) in [6, 6.07) is 36.4. The van der Waals surface area contributed by atoms with Gasteiger partial charge in [0.1, 0.15) is 0 Å². The van der Waals surface area contributed by atoms with Crippen LogP contribution in [0.4, 0.5) is 0 Å². The minimum atomic E-state index is 1.22. The quantitative estimate of drug-likeness (QED) is 0.279. The number of hydrogen-bond donors (Lipinski definition) is 0. The first-order valence-corrected chi connectivity index (χ1v) is 8.89. The Morgan fingerprint density at radius 1 is 0.462 bits per heavy atom. The van der Waals surface area contributed by atoms with Crippen LogP contribution in [0.5, 0.6) is 0 Å². The Labute approximate surface area is 152 Å². The van der Waals surface area contributed by atoms with Gasteiger partial charge in [-0.05, 0) is 29.8 Å².